The molecule has 1 nitrogen and oxygen atoms in total. The minimum atomic E-state index is -0.778. The van der Waals surface area contributed by atoms with E-state index in [2.05, 4.69) is 5.32 Å². The van der Waals surface area contributed by atoms with Crippen LogP contribution in [0.15, 0.2) is 18.2 Å². The molecule has 2 fully saturated rings. The SMILES string of the molecule is Fc1ccc(NC2CCCC(C3CC3)C2)cc1F. The monoisotopic (exact) mass is 251 g/mol. The van der Waals surface area contributed by atoms with Gasteiger partial charge in [0.05, 0.1) is 0 Å². The lowest BCUT2D eigenvalue weighted by Gasteiger charge is -2.30. The van der Waals surface area contributed by atoms with E-state index in [1.807, 2.05) is 0 Å². The van der Waals surface area contributed by atoms with Gasteiger partial charge in [-0.3, -0.25) is 0 Å². The molecule has 0 aliphatic heterocycles. The quantitative estimate of drug-likeness (QED) is 0.842. The van der Waals surface area contributed by atoms with Gasteiger partial charge in [0.1, 0.15) is 0 Å². The summed E-state index contributed by atoms with van der Waals surface area (Å²) < 4.78 is 26.0. The van der Waals surface area contributed by atoms with Gasteiger partial charge in [-0.1, -0.05) is 12.8 Å². The predicted octanol–water partition coefficient (Wildman–Crippen LogP) is 4.35. The molecule has 0 saturated heterocycles. The standard InChI is InChI=1S/C15H19F2N/c16-14-7-6-13(9-15(14)17)18-12-3-1-2-11(8-12)10-4-5-10/h6-7,9-12,18H,1-5,8H2. The summed E-state index contributed by atoms with van der Waals surface area (Å²) in [5, 5.41) is 3.35. The first-order valence-electron chi connectivity index (χ1n) is 6.94. The van der Waals surface area contributed by atoms with Gasteiger partial charge < -0.3 is 5.32 Å². The highest BCUT2D eigenvalue weighted by Crippen LogP contribution is 2.44. The second-order valence-corrected chi connectivity index (χ2v) is 5.73. The van der Waals surface area contributed by atoms with Gasteiger partial charge in [-0.25, -0.2) is 8.78 Å². The van der Waals surface area contributed by atoms with Crippen molar-refractivity contribution in [2.45, 2.75) is 44.6 Å². The van der Waals surface area contributed by atoms with Gasteiger partial charge >= 0.3 is 0 Å². The van der Waals surface area contributed by atoms with Crippen molar-refractivity contribution in [1.82, 2.24) is 0 Å². The average Bonchev–Trinajstić information content (AvgIpc) is 3.18. The fourth-order valence-electron chi connectivity index (χ4n) is 3.18. The Morgan fingerprint density at radius 2 is 1.78 bits per heavy atom. The zero-order valence-electron chi connectivity index (χ0n) is 10.5. The smallest absolute Gasteiger partial charge is 0.160 e. The van der Waals surface area contributed by atoms with Crippen LogP contribution in [0.25, 0.3) is 0 Å². The Hall–Kier alpha value is -1.12. The van der Waals surface area contributed by atoms with Crippen molar-refractivity contribution in [3.8, 4) is 0 Å². The largest absolute Gasteiger partial charge is 0.382 e. The van der Waals surface area contributed by atoms with E-state index >= 15 is 0 Å². The zero-order chi connectivity index (χ0) is 12.5. The van der Waals surface area contributed by atoms with E-state index in [0.29, 0.717) is 11.7 Å². The van der Waals surface area contributed by atoms with Gasteiger partial charge in [-0.2, -0.15) is 0 Å². The molecule has 0 radical (unpaired) electrons. The second kappa shape index (κ2) is 4.87. The maximum Gasteiger partial charge on any atom is 0.160 e. The lowest BCUT2D eigenvalue weighted by molar-refractivity contribution is 0.303. The summed E-state index contributed by atoms with van der Waals surface area (Å²) in [4.78, 5) is 0. The molecule has 3 heteroatoms. The van der Waals surface area contributed by atoms with E-state index in [9.17, 15) is 8.78 Å². The topological polar surface area (TPSA) is 12.0 Å². The second-order valence-electron chi connectivity index (χ2n) is 5.73. The number of rotatable bonds is 3. The van der Waals surface area contributed by atoms with Gasteiger partial charge in [0.25, 0.3) is 0 Å². The van der Waals surface area contributed by atoms with E-state index in [1.165, 1.54) is 44.2 Å². The Labute approximate surface area is 107 Å². The third-order valence-corrected chi connectivity index (χ3v) is 4.29. The highest BCUT2D eigenvalue weighted by molar-refractivity contribution is 5.44. The zero-order valence-corrected chi connectivity index (χ0v) is 10.5. The van der Waals surface area contributed by atoms with Gasteiger partial charge in [0.15, 0.2) is 11.6 Å². The third kappa shape index (κ3) is 2.65. The van der Waals surface area contributed by atoms with Crippen LogP contribution in [-0.4, -0.2) is 6.04 Å². The van der Waals surface area contributed by atoms with Gasteiger partial charge in [0.2, 0.25) is 0 Å². The molecule has 0 bridgehead atoms. The molecule has 0 spiro atoms. The maximum absolute atomic E-state index is 13.1. The number of hydrogen-bond acceptors (Lipinski definition) is 1. The highest BCUT2D eigenvalue weighted by Gasteiger charge is 2.34. The van der Waals surface area contributed by atoms with Crippen molar-refractivity contribution in [1.29, 1.82) is 0 Å². The molecule has 1 aromatic rings. The van der Waals surface area contributed by atoms with E-state index in [0.717, 1.165) is 18.3 Å². The number of nitrogens with one attached hydrogen (secondary N) is 1. The molecule has 0 heterocycles. The number of hydrogen-bond donors (Lipinski definition) is 1. The van der Waals surface area contributed by atoms with Crippen molar-refractivity contribution < 1.29 is 8.78 Å². The molecule has 2 unspecified atom stereocenters. The summed E-state index contributed by atoms with van der Waals surface area (Å²) in [6, 6.07) is 4.50. The van der Waals surface area contributed by atoms with Gasteiger partial charge in [0, 0.05) is 17.8 Å². The Morgan fingerprint density at radius 3 is 2.50 bits per heavy atom. The van der Waals surface area contributed by atoms with Crippen LogP contribution in [-0.2, 0) is 0 Å². The molecular formula is C15H19F2N. The first-order valence-corrected chi connectivity index (χ1v) is 6.94. The van der Waals surface area contributed by atoms with Gasteiger partial charge in [-0.05, 0) is 49.7 Å². The Balaban J connectivity index is 1.62. The van der Waals surface area contributed by atoms with Crippen molar-refractivity contribution in [2.24, 2.45) is 11.8 Å². The van der Waals surface area contributed by atoms with Crippen LogP contribution in [0.5, 0.6) is 0 Å². The van der Waals surface area contributed by atoms with E-state index in [1.54, 1.807) is 6.07 Å². The number of anilines is 1. The van der Waals surface area contributed by atoms with Gasteiger partial charge in [-0.15, -0.1) is 0 Å². The number of benzene rings is 1. The molecule has 2 saturated carbocycles. The molecule has 1 aromatic carbocycles. The Morgan fingerprint density at radius 1 is 0.944 bits per heavy atom. The molecule has 3 rings (SSSR count). The van der Waals surface area contributed by atoms with Crippen LogP contribution in [0.2, 0.25) is 0 Å². The molecule has 98 valence electrons. The van der Waals surface area contributed by atoms with Crippen LogP contribution in [0.3, 0.4) is 0 Å². The predicted molar refractivity (Wildman–Crippen MR) is 68.5 cm³/mol. The summed E-state index contributed by atoms with van der Waals surface area (Å²) >= 11 is 0. The Kier molecular flexibility index (Phi) is 3.23. The normalized spacial score (nSPS) is 28.1. The minimum Gasteiger partial charge on any atom is -0.382 e. The Bertz CT molecular complexity index is 429. The molecule has 2 aliphatic carbocycles. The van der Waals surface area contributed by atoms with Crippen LogP contribution < -0.4 is 5.32 Å². The fourth-order valence-corrected chi connectivity index (χ4v) is 3.18. The molecule has 2 aliphatic rings. The number of halogens is 2. The van der Waals surface area contributed by atoms with Crippen molar-refractivity contribution >= 4 is 5.69 Å². The molecule has 18 heavy (non-hydrogen) atoms. The summed E-state index contributed by atoms with van der Waals surface area (Å²) in [5.74, 6) is 0.246. The van der Waals surface area contributed by atoms with Crippen LogP contribution >= 0.6 is 0 Å². The van der Waals surface area contributed by atoms with E-state index in [4.69, 9.17) is 0 Å². The molecular weight excluding hydrogens is 232 g/mol. The van der Waals surface area contributed by atoms with Crippen LogP contribution in [0.1, 0.15) is 38.5 Å². The molecule has 1 N–H and O–H groups in total. The first-order chi connectivity index (χ1) is 8.72. The summed E-state index contributed by atoms with van der Waals surface area (Å²) in [6.07, 6.45) is 7.71. The molecule has 0 aromatic heterocycles. The summed E-state index contributed by atoms with van der Waals surface area (Å²) in [6.45, 7) is 0. The maximum atomic E-state index is 13.1. The van der Waals surface area contributed by atoms with Crippen LogP contribution in [0.4, 0.5) is 14.5 Å². The lowest BCUT2D eigenvalue weighted by Crippen LogP contribution is -2.28. The summed E-state index contributed by atoms with van der Waals surface area (Å²) in [5.41, 5.74) is 0.704. The first kappa shape index (κ1) is 11.9. The van der Waals surface area contributed by atoms with Crippen LogP contribution in [0, 0.1) is 23.5 Å². The molecule has 2 atom stereocenters. The van der Waals surface area contributed by atoms with Crippen molar-refractivity contribution in [3.05, 3.63) is 29.8 Å². The fraction of sp³-hybridized carbons (Fsp3) is 0.600. The molecule has 0 amide bonds. The highest BCUT2D eigenvalue weighted by atomic mass is 19.2. The minimum absolute atomic E-state index is 0.425. The third-order valence-electron chi connectivity index (χ3n) is 4.29. The summed E-state index contributed by atoms with van der Waals surface area (Å²) in [7, 11) is 0. The van der Waals surface area contributed by atoms with E-state index < -0.39 is 11.6 Å². The van der Waals surface area contributed by atoms with Crippen molar-refractivity contribution in [2.75, 3.05) is 5.32 Å². The van der Waals surface area contributed by atoms with E-state index in [-0.39, 0.29) is 0 Å². The lowest BCUT2D eigenvalue weighted by atomic mass is 9.82. The van der Waals surface area contributed by atoms with Crippen molar-refractivity contribution in [3.63, 3.8) is 0 Å². The average molecular weight is 251 g/mol.